The summed E-state index contributed by atoms with van der Waals surface area (Å²) >= 11 is 5.79. The Kier molecular flexibility index (Phi) is 5.11. The second-order valence-electron chi connectivity index (χ2n) is 5.28. The van der Waals surface area contributed by atoms with Crippen LogP contribution in [-0.2, 0) is 28.3 Å². The van der Waals surface area contributed by atoms with Gasteiger partial charge in [0.1, 0.15) is 4.90 Å². The Balaban J connectivity index is 2.05. The molecule has 124 valence electrons. The molecule has 23 heavy (non-hydrogen) atoms. The molecule has 0 aliphatic rings. The van der Waals surface area contributed by atoms with Gasteiger partial charge in [-0.15, -0.1) is 0 Å². The van der Waals surface area contributed by atoms with E-state index in [9.17, 15) is 13.2 Å². The van der Waals surface area contributed by atoms with Crippen LogP contribution >= 0.6 is 11.6 Å². The van der Waals surface area contributed by atoms with Crippen LogP contribution < -0.4 is 4.72 Å². The van der Waals surface area contributed by atoms with E-state index in [2.05, 4.69) is 9.82 Å². The second kappa shape index (κ2) is 6.72. The number of carbonyl (C=O) groups excluding carboxylic acids is 1. The SMILES string of the molecule is Cc1nn(C)c(C)c1S(=O)(=O)NC(=O)CCc1ccc(Cl)cc1. The van der Waals surface area contributed by atoms with Crippen LogP contribution in [0.15, 0.2) is 29.2 Å². The Morgan fingerprint density at radius 1 is 1.26 bits per heavy atom. The summed E-state index contributed by atoms with van der Waals surface area (Å²) in [6, 6.07) is 7.07. The molecule has 0 fully saturated rings. The Morgan fingerprint density at radius 3 is 2.39 bits per heavy atom. The summed E-state index contributed by atoms with van der Waals surface area (Å²) in [4.78, 5) is 12.0. The molecule has 1 N–H and O–H groups in total. The number of halogens is 1. The molecule has 0 spiro atoms. The number of aromatic nitrogens is 2. The monoisotopic (exact) mass is 355 g/mol. The molecule has 2 aromatic rings. The number of carbonyl (C=O) groups is 1. The van der Waals surface area contributed by atoms with Gasteiger partial charge in [0.15, 0.2) is 0 Å². The molecule has 1 aromatic heterocycles. The summed E-state index contributed by atoms with van der Waals surface area (Å²) in [5.74, 6) is -0.553. The summed E-state index contributed by atoms with van der Waals surface area (Å²) in [6.45, 7) is 3.24. The van der Waals surface area contributed by atoms with E-state index >= 15 is 0 Å². The van der Waals surface area contributed by atoms with Crippen LogP contribution in [0.1, 0.15) is 23.4 Å². The van der Waals surface area contributed by atoms with Crippen LogP contribution in [0, 0.1) is 13.8 Å². The van der Waals surface area contributed by atoms with Gasteiger partial charge < -0.3 is 0 Å². The van der Waals surface area contributed by atoms with Crippen molar-refractivity contribution in [3.8, 4) is 0 Å². The fraction of sp³-hybridized carbons (Fsp3) is 0.333. The van der Waals surface area contributed by atoms with E-state index in [0.717, 1.165) is 5.56 Å². The molecule has 0 saturated carbocycles. The molecule has 1 amide bonds. The van der Waals surface area contributed by atoms with Crippen LogP contribution in [0.2, 0.25) is 5.02 Å². The molecule has 0 bridgehead atoms. The number of rotatable bonds is 5. The lowest BCUT2D eigenvalue weighted by Crippen LogP contribution is -2.31. The number of hydrogen-bond acceptors (Lipinski definition) is 4. The van der Waals surface area contributed by atoms with Crippen molar-refractivity contribution in [2.24, 2.45) is 7.05 Å². The number of aryl methyl sites for hydroxylation is 3. The van der Waals surface area contributed by atoms with Gasteiger partial charge >= 0.3 is 0 Å². The topological polar surface area (TPSA) is 81.1 Å². The zero-order valence-corrected chi connectivity index (χ0v) is 14.7. The van der Waals surface area contributed by atoms with Gasteiger partial charge in [-0.25, -0.2) is 13.1 Å². The molecular formula is C15H18ClN3O3S. The number of nitrogens with zero attached hydrogens (tertiary/aromatic N) is 2. The van der Waals surface area contributed by atoms with Crippen LogP contribution in [0.5, 0.6) is 0 Å². The van der Waals surface area contributed by atoms with Crippen molar-refractivity contribution in [2.75, 3.05) is 0 Å². The number of nitrogens with one attached hydrogen (secondary N) is 1. The number of sulfonamides is 1. The molecule has 0 aliphatic carbocycles. The summed E-state index contributed by atoms with van der Waals surface area (Å²) < 4.78 is 28.3. The summed E-state index contributed by atoms with van der Waals surface area (Å²) in [5.41, 5.74) is 1.76. The molecule has 0 radical (unpaired) electrons. The van der Waals surface area contributed by atoms with Gasteiger partial charge in [-0.05, 0) is 38.0 Å². The van der Waals surface area contributed by atoms with Crippen molar-refractivity contribution in [1.82, 2.24) is 14.5 Å². The lowest BCUT2D eigenvalue weighted by molar-refractivity contribution is -0.119. The standard InChI is InChI=1S/C15H18ClN3O3S/c1-10-15(11(2)19(3)17-10)23(21,22)18-14(20)9-6-12-4-7-13(16)8-5-12/h4-5,7-8H,6,9H2,1-3H3,(H,18,20). The van der Waals surface area contributed by atoms with E-state index in [-0.39, 0.29) is 11.3 Å². The predicted octanol–water partition coefficient (Wildman–Crippen LogP) is 2.13. The highest BCUT2D eigenvalue weighted by molar-refractivity contribution is 7.90. The maximum atomic E-state index is 12.4. The van der Waals surface area contributed by atoms with Crippen LogP contribution in [0.4, 0.5) is 0 Å². The number of hydrogen-bond donors (Lipinski definition) is 1. The first kappa shape index (κ1) is 17.5. The van der Waals surface area contributed by atoms with Gasteiger partial charge in [0.2, 0.25) is 5.91 Å². The third-order valence-corrected chi connectivity index (χ3v) is 5.39. The van der Waals surface area contributed by atoms with Crippen molar-refractivity contribution in [3.05, 3.63) is 46.2 Å². The van der Waals surface area contributed by atoms with E-state index in [4.69, 9.17) is 11.6 Å². The van der Waals surface area contributed by atoms with E-state index in [1.807, 2.05) is 0 Å². The molecule has 6 nitrogen and oxygen atoms in total. The zero-order valence-electron chi connectivity index (χ0n) is 13.1. The van der Waals surface area contributed by atoms with Crippen molar-refractivity contribution in [1.29, 1.82) is 0 Å². The minimum Gasteiger partial charge on any atom is -0.274 e. The van der Waals surface area contributed by atoms with Crippen molar-refractivity contribution < 1.29 is 13.2 Å². The molecule has 8 heteroatoms. The highest BCUT2D eigenvalue weighted by Crippen LogP contribution is 2.18. The van der Waals surface area contributed by atoms with Crippen LogP contribution in [-0.4, -0.2) is 24.1 Å². The largest absolute Gasteiger partial charge is 0.274 e. The lowest BCUT2D eigenvalue weighted by atomic mass is 10.1. The van der Waals surface area contributed by atoms with Crippen LogP contribution in [0.25, 0.3) is 0 Å². The molecule has 0 aliphatic heterocycles. The van der Waals surface area contributed by atoms with E-state index in [1.165, 1.54) is 4.68 Å². The number of benzene rings is 1. The maximum absolute atomic E-state index is 12.4. The van der Waals surface area contributed by atoms with E-state index in [0.29, 0.717) is 22.8 Å². The quantitative estimate of drug-likeness (QED) is 0.890. The van der Waals surface area contributed by atoms with E-state index < -0.39 is 15.9 Å². The highest BCUT2D eigenvalue weighted by atomic mass is 35.5. The Morgan fingerprint density at radius 2 is 1.87 bits per heavy atom. The van der Waals surface area contributed by atoms with Crippen LogP contribution in [0.3, 0.4) is 0 Å². The molecule has 0 saturated heterocycles. The summed E-state index contributed by atoms with van der Waals surface area (Å²) in [7, 11) is -2.26. The molecule has 1 aromatic carbocycles. The molecule has 2 rings (SSSR count). The Hall–Kier alpha value is -1.86. The lowest BCUT2D eigenvalue weighted by Gasteiger charge is -2.07. The van der Waals surface area contributed by atoms with Crippen molar-refractivity contribution in [2.45, 2.75) is 31.6 Å². The third-order valence-electron chi connectivity index (χ3n) is 3.51. The third kappa shape index (κ3) is 4.11. The van der Waals surface area contributed by atoms with Gasteiger partial charge in [0.05, 0.1) is 11.4 Å². The average molecular weight is 356 g/mol. The summed E-state index contributed by atoms with van der Waals surface area (Å²) in [6.07, 6.45) is 0.503. The highest BCUT2D eigenvalue weighted by Gasteiger charge is 2.25. The van der Waals surface area contributed by atoms with Gasteiger partial charge in [0.25, 0.3) is 10.0 Å². The Bertz CT molecular complexity index is 826. The van der Waals surface area contributed by atoms with Gasteiger partial charge in [-0.1, -0.05) is 23.7 Å². The normalized spacial score (nSPS) is 11.5. The fourth-order valence-corrected chi connectivity index (χ4v) is 3.88. The Labute approximate surface area is 140 Å². The molecule has 0 unspecified atom stereocenters. The number of amides is 1. The van der Waals surface area contributed by atoms with Crippen molar-refractivity contribution >= 4 is 27.5 Å². The first-order chi connectivity index (χ1) is 10.7. The van der Waals surface area contributed by atoms with Gasteiger partial charge in [0, 0.05) is 18.5 Å². The van der Waals surface area contributed by atoms with Crippen molar-refractivity contribution in [3.63, 3.8) is 0 Å². The molecule has 0 atom stereocenters. The second-order valence-corrected chi connectivity index (χ2v) is 7.33. The van der Waals surface area contributed by atoms with Gasteiger partial charge in [-0.3, -0.25) is 9.48 Å². The van der Waals surface area contributed by atoms with Gasteiger partial charge in [-0.2, -0.15) is 5.10 Å². The first-order valence-electron chi connectivity index (χ1n) is 7.01. The smallest absolute Gasteiger partial charge is 0.267 e. The molecular weight excluding hydrogens is 338 g/mol. The zero-order chi connectivity index (χ0) is 17.2. The maximum Gasteiger partial charge on any atom is 0.267 e. The summed E-state index contributed by atoms with van der Waals surface area (Å²) in [5, 5.41) is 4.67. The average Bonchev–Trinajstić information content (AvgIpc) is 2.71. The minimum absolute atomic E-state index is 0.0554. The fourth-order valence-electron chi connectivity index (χ4n) is 2.30. The molecule has 1 heterocycles. The predicted molar refractivity (Wildman–Crippen MR) is 87.8 cm³/mol. The van der Waals surface area contributed by atoms with E-state index in [1.54, 1.807) is 45.2 Å². The minimum atomic E-state index is -3.92. The first-order valence-corrected chi connectivity index (χ1v) is 8.87.